The monoisotopic (exact) mass is 614 g/mol. The molecule has 0 unspecified atom stereocenters. The van der Waals surface area contributed by atoms with Crippen LogP contribution in [0, 0.1) is 0 Å². The third-order valence-corrected chi connectivity index (χ3v) is 9.40. The molecule has 4 aromatic rings. The molecule has 0 radical (unpaired) electrons. The van der Waals surface area contributed by atoms with Crippen molar-refractivity contribution in [3.8, 4) is 11.1 Å². The van der Waals surface area contributed by atoms with E-state index in [0.29, 0.717) is 36.3 Å². The van der Waals surface area contributed by atoms with E-state index in [2.05, 4.69) is 59.2 Å². The quantitative estimate of drug-likeness (QED) is 0.188. The number of carbonyl (C=O) groups excluding carboxylic acids is 2. The number of benzene rings is 4. The first-order valence-corrected chi connectivity index (χ1v) is 17.0. The maximum Gasteiger partial charge on any atom is 0.253 e. The van der Waals surface area contributed by atoms with Crippen LogP contribution in [-0.4, -0.2) is 73.0 Å². The molecule has 46 heavy (non-hydrogen) atoms. The van der Waals surface area contributed by atoms with Crippen LogP contribution >= 0.6 is 0 Å². The largest absolute Gasteiger partial charge is 0.337 e. The summed E-state index contributed by atoms with van der Waals surface area (Å²) in [5.41, 5.74) is 5.95. The molecule has 0 spiro atoms. The summed E-state index contributed by atoms with van der Waals surface area (Å²) in [6, 6.07) is 37.3. The first-order chi connectivity index (χ1) is 22.6. The molecule has 6 nitrogen and oxygen atoms in total. The van der Waals surface area contributed by atoms with Crippen LogP contribution in [0.2, 0.25) is 0 Å². The number of carbonyl (C=O) groups is 2. The Morgan fingerprint density at radius 1 is 0.543 bits per heavy atom. The first-order valence-electron chi connectivity index (χ1n) is 17.0. The van der Waals surface area contributed by atoms with Gasteiger partial charge in [0.1, 0.15) is 0 Å². The Kier molecular flexibility index (Phi) is 10.9. The topological polar surface area (TPSA) is 64.7 Å². The van der Waals surface area contributed by atoms with Crippen molar-refractivity contribution in [2.24, 2.45) is 0 Å². The van der Waals surface area contributed by atoms with Crippen molar-refractivity contribution in [1.82, 2.24) is 20.4 Å². The van der Waals surface area contributed by atoms with E-state index in [1.807, 2.05) is 70.5 Å². The molecule has 2 atom stereocenters. The molecule has 238 valence electrons. The Morgan fingerprint density at radius 2 is 0.935 bits per heavy atom. The summed E-state index contributed by atoms with van der Waals surface area (Å²) >= 11 is 0. The summed E-state index contributed by atoms with van der Waals surface area (Å²) in [5.74, 6) is 0.147. The van der Waals surface area contributed by atoms with Crippen molar-refractivity contribution in [1.29, 1.82) is 0 Å². The van der Waals surface area contributed by atoms with E-state index in [-0.39, 0.29) is 11.8 Å². The highest BCUT2D eigenvalue weighted by molar-refractivity contribution is 5.96. The van der Waals surface area contributed by atoms with Crippen LogP contribution in [0.5, 0.6) is 0 Å². The average Bonchev–Trinajstić information content (AvgIpc) is 3.84. The van der Waals surface area contributed by atoms with E-state index in [0.717, 1.165) is 75.8 Å². The number of nitrogens with one attached hydrogen (secondary N) is 2. The Hall–Kier alpha value is -4.26. The Morgan fingerprint density at radius 3 is 1.28 bits per heavy atom. The lowest BCUT2D eigenvalue weighted by Gasteiger charge is -2.26. The molecule has 0 saturated carbocycles. The Labute approximate surface area is 273 Å². The van der Waals surface area contributed by atoms with E-state index in [1.165, 1.54) is 11.1 Å². The van der Waals surface area contributed by atoms with Gasteiger partial charge in [-0.15, -0.1) is 0 Å². The number of rotatable bonds is 13. The second kappa shape index (κ2) is 15.8. The van der Waals surface area contributed by atoms with Crippen molar-refractivity contribution < 1.29 is 9.59 Å². The van der Waals surface area contributed by atoms with Crippen LogP contribution < -0.4 is 10.6 Å². The second-order valence-electron chi connectivity index (χ2n) is 12.7. The van der Waals surface area contributed by atoms with Gasteiger partial charge < -0.3 is 20.4 Å². The van der Waals surface area contributed by atoms with Gasteiger partial charge in [-0.05, 0) is 98.1 Å². The van der Waals surface area contributed by atoms with Crippen LogP contribution in [0.4, 0.5) is 0 Å². The molecule has 4 aromatic carbocycles. The fourth-order valence-corrected chi connectivity index (χ4v) is 6.70. The van der Waals surface area contributed by atoms with Gasteiger partial charge in [-0.3, -0.25) is 9.59 Å². The highest BCUT2D eigenvalue weighted by atomic mass is 16.2. The minimum absolute atomic E-state index is 0.0736. The third-order valence-electron chi connectivity index (χ3n) is 9.40. The molecular weight excluding hydrogens is 568 g/mol. The Balaban J connectivity index is 1.11. The summed E-state index contributed by atoms with van der Waals surface area (Å²) < 4.78 is 0. The second-order valence-corrected chi connectivity index (χ2v) is 12.7. The zero-order chi connectivity index (χ0) is 31.6. The minimum Gasteiger partial charge on any atom is -0.337 e. The molecule has 6 heteroatoms. The summed E-state index contributed by atoms with van der Waals surface area (Å²) in [6.07, 6.45) is 6.21. The van der Waals surface area contributed by atoms with E-state index in [1.54, 1.807) is 0 Å². The number of hydrogen-bond donors (Lipinski definition) is 2. The summed E-state index contributed by atoms with van der Waals surface area (Å²) in [6.45, 7) is 4.88. The predicted molar refractivity (Wildman–Crippen MR) is 186 cm³/mol. The molecule has 0 aliphatic carbocycles. The number of amides is 2. The summed E-state index contributed by atoms with van der Waals surface area (Å²) in [4.78, 5) is 31.4. The van der Waals surface area contributed by atoms with Crippen molar-refractivity contribution >= 4 is 11.8 Å². The smallest absolute Gasteiger partial charge is 0.253 e. The molecule has 2 heterocycles. The van der Waals surface area contributed by atoms with Crippen LogP contribution in [0.15, 0.2) is 109 Å². The average molecular weight is 615 g/mol. The van der Waals surface area contributed by atoms with Crippen LogP contribution in [0.3, 0.4) is 0 Å². The molecule has 2 fully saturated rings. The molecule has 2 amide bonds. The van der Waals surface area contributed by atoms with Gasteiger partial charge in [0.15, 0.2) is 0 Å². The molecule has 2 aliphatic rings. The van der Waals surface area contributed by atoms with Gasteiger partial charge in [-0.1, -0.05) is 84.9 Å². The number of hydrogen-bond acceptors (Lipinski definition) is 4. The lowest BCUT2D eigenvalue weighted by atomic mass is 10.0. The molecule has 2 aliphatic heterocycles. The minimum atomic E-state index is 0.0736. The first kappa shape index (κ1) is 31.7. The van der Waals surface area contributed by atoms with Gasteiger partial charge in [-0.2, -0.15) is 0 Å². The SMILES string of the molecule is O=C(c1ccc(-c2ccc(C(=O)N(CCc3ccccc3)C[C@@H]3CCCN3)cc2)cc1)N(CCc1ccccc1)C[C@@H]1CCCN1. The van der Waals surface area contributed by atoms with Gasteiger partial charge in [0.25, 0.3) is 11.8 Å². The zero-order valence-electron chi connectivity index (χ0n) is 26.7. The highest BCUT2D eigenvalue weighted by Crippen LogP contribution is 2.23. The lowest BCUT2D eigenvalue weighted by molar-refractivity contribution is 0.0736. The van der Waals surface area contributed by atoms with Gasteiger partial charge in [-0.25, -0.2) is 0 Å². The van der Waals surface area contributed by atoms with E-state index >= 15 is 0 Å². The standard InChI is InChI=1S/C40H46N4O2/c45-39(43(29-37-13-7-25-41-37)27-23-31-9-3-1-4-10-31)35-19-15-33(16-20-35)34-17-21-36(22-18-34)40(46)44(30-38-14-8-26-42-38)28-24-32-11-5-2-6-12-32/h1-6,9-12,15-22,37-38,41-42H,7-8,13-14,23-30H2/t37-,38-/m0/s1. The van der Waals surface area contributed by atoms with Crippen LogP contribution in [-0.2, 0) is 12.8 Å². The zero-order valence-corrected chi connectivity index (χ0v) is 26.7. The predicted octanol–water partition coefficient (Wildman–Crippen LogP) is 6.23. The third kappa shape index (κ3) is 8.51. The van der Waals surface area contributed by atoms with Gasteiger partial charge in [0, 0.05) is 49.4 Å². The van der Waals surface area contributed by atoms with Gasteiger partial charge >= 0.3 is 0 Å². The summed E-state index contributed by atoms with van der Waals surface area (Å²) in [7, 11) is 0. The van der Waals surface area contributed by atoms with Crippen LogP contribution in [0.25, 0.3) is 11.1 Å². The molecule has 2 saturated heterocycles. The summed E-state index contributed by atoms with van der Waals surface area (Å²) in [5, 5.41) is 7.10. The van der Waals surface area contributed by atoms with Crippen molar-refractivity contribution in [3.05, 3.63) is 131 Å². The van der Waals surface area contributed by atoms with E-state index < -0.39 is 0 Å². The van der Waals surface area contributed by atoms with Gasteiger partial charge in [0.05, 0.1) is 0 Å². The molecule has 2 N–H and O–H groups in total. The van der Waals surface area contributed by atoms with Crippen molar-refractivity contribution in [3.63, 3.8) is 0 Å². The Bertz CT molecular complexity index is 1410. The molecule has 0 aromatic heterocycles. The molecule has 6 rings (SSSR count). The molecule has 0 bridgehead atoms. The van der Waals surface area contributed by atoms with Crippen molar-refractivity contribution in [2.45, 2.75) is 50.6 Å². The maximum absolute atomic E-state index is 13.7. The molecular formula is C40H46N4O2. The fraction of sp³-hybridized carbons (Fsp3) is 0.350. The van der Waals surface area contributed by atoms with E-state index in [9.17, 15) is 9.59 Å². The number of nitrogens with zero attached hydrogens (tertiary/aromatic N) is 2. The van der Waals surface area contributed by atoms with E-state index in [4.69, 9.17) is 0 Å². The van der Waals surface area contributed by atoms with Crippen molar-refractivity contribution in [2.75, 3.05) is 39.3 Å². The van der Waals surface area contributed by atoms with Gasteiger partial charge in [0.2, 0.25) is 0 Å². The highest BCUT2D eigenvalue weighted by Gasteiger charge is 2.24. The normalized spacial score (nSPS) is 17.6. The fourth-order valence-electron chi connectivity index (χ4n) is 6.70. The lowest BCUT2D eigenvalue weighted by Crippen LogP contribution is -2.42. The maximum atomic E-state index is 13.7. The van der Waals surface area contributed by atoms with Crippen LogP contribution in [0.1, 0.15) is 57.5 Å².